The van der Waals surface area contributed by atoms with Crippen LogP contribution in [0.4, 0.5) is 13.2 Å². The molecule has 38 heavy (non-hydrogen) atoms. The molecule has 2 fully saturated rings. The van der Waals surface area contributed by atoms with E-state index in [2.05, 4.69) is 30.7 Å². The van der Waals surface area contributed by atoms with Gasteiger partial charge in [0, 0.05) is 36.0 Å². The lowest BCUT2D eigenvalue weighted by Crippen LogP contribution is -2.48. The van der Waals surface area contributed by atoms with Gasteiger partial charge >= 0.3 is 6.18 Å². The molecular formula is C27H30F3N7O. The van der Waals surface area contributed by atoms with Crippen molar-refractivity contribution in [1.29, 1.82) is 0 Å². The van der Waals surface area contributed by atoms with Gasteiger partial charge < -0.3 is 15.0 Å². The van der Waals surface area contributed by atoms with Crippen LogP contribution < -0.4 is 5.32 Å². The Morgan fingerprint density at radius 1 is 1.16 bits per heavy atom. The fourth-order valence-corrected chi connectivity index (χ4v) is 5.65. The van der Waals surface area contributed by atoms with Gasteiger partial charge in [-0.2, -0.15) is 18.3 Å². The predicted molar refractivity (Wildman–Crippen MR) is 135 cm³/mol. The van der Waals surface area contributed by atoms with Crippen LogP contribution in [0.25, 0.3) is 22.2 Å². The van der Waals surface area contributed by atoms with Crippen LogP contribution in [0.3, 0.4) is 0 Å². The quantitative estimate of drug-likeness (QED) is 0.318. The number of rotatable bonds is 7. The number of hydrogen-bond acceptors (Lipinski definition) is 6. The molecule has 11 heteroatoms. The van der Waals surface area contributed by atoms with Crippen molar-refractivity contribution in [3.05, 3.63) is 59.4 Å². The smallest absolute Gasteiger partial charge is 0.392 e. The van der Waals surface area contributed by atoms with Crippen LogP contribution in [-0.4, -0.2) is 47.2 Å². The topological polar surface area (TPSA) is 105 Å². The monoisotopic (exact) mass is 525 g/mol. The van der Waals surface area contributed by atoms with Crippen LogP contribution in [0.5, 0.6) is 0 Å². The molecule has 4 atom stereocenters. The van der Waals surface area contributed by atoms with Gasteiger partial charge in [-0.05, 0) is 56.2 Å². The number of alkyl halides is 3. The second-order valence-corrected chi connectivity index (χ2v) is 10.6. The number of aliphatic hydroxyl groups is 1. The van der Waals surface area contributed by atoms with E-state index in [1.54, 1.807) is 13.3 Å². The number of aryl methyl sites for hydroxylation is 1. The van der Waals surface area contributed by atoms with E-state index < -0.39 is 24.0 Å². The fraction of sp³-hybridized carbons (Fsp3) is 0.481. The highest BCUT2D eigenvalue weighted by molar-refractivity contribution is 5.94. The summed E-state index contributed by atoms with van der Waals surface area (Å²) in [4.78, 5) is 3.99. The van der Waals surface area contributed by atoms with E-state index in [-0.39, 0.29) is 17.7 Å². The third-order valence-corrected chi connectivity index (χ3v) is 8.15. The maximum atomic E-state index is 13.9. The van der Waals surface area contributed by atoms with Crippen LogP contribution in [0.15, 0.2) is 36.7 Å². The molecule has 3 aromatic heterocycles. The summed E-state index contributed by atoms with van der Waals surface area (Å²) < 4.78 is 43.7. The minimum absolute atomic E-state index is 0.0440. The van der Waals surface area contributed by atoms with Crippen molar-refractivity contribution >= 4 is 10.9 Å². The highest BCUT2D eigenvalue weighted by Crippen LogP contribution is 2.44. The first kappa shape index (κ1) is 25.0. The van der Waals surface area contributed by atoms with Gasteiger partial charge in [0.25, 0.3) is 0 Å². The van der Waals surface area contributed by atoms with Gasteiger partial charge in [0.1, 0.15) is 23.5 Å². The van der Waals surface area contributed by atoms with E-state index in [4.69, 9.17) is 0 Å². The van der Waals surface area contributed by atoms with Crippen LogP contribution in [0, 0.1) is 5.92 Å². The molecule has 2 aliphatic carbocycles. The number of nitrogens with zero attached hydrogens (tertiary/aromatic N) is 5. The summed E-state index contributed by atoms with van der Waals surface area (Å²) in [5.41, 5.74) is 1.93. The Morgan fingerprint density at radius 2 is 1.97 bits per heavy atom. The number of aliphatic hydroxyl groups excluding tert-OH is 1. The molecule has 8 nitrogen and oxygen atoms in total. The van der Waals surface area contributed by atoms with Crippen molar-refractivity contribution in [2.24, 2.45) is 13.0 Å². The summed E-state index contributed by atoms with van der Waals surface area (Å²) in [6, 6.07) is 8.22. The first-order valence-electron chi connectivity index (χ1n) is 13.0. The fourth-order valence-electron chi connectivity index (χ4n) is 5.65. The molecule has 4 aromatic rings. The van der Waals surface area contributed by atoms with E-state index in [1.165, 1.54) is 6.42 Å². The zero-order valence-corrected chi connectivity index (χ0v) is 21.2. The van der Waals surface area contributed by atoms with Crippen LogP contribution in [0.1, 0.15) is 73.8 Å². The van der Waals surface area contributed by atoms with Gasteiger partial charge in [-0.1, -0.05) is 24.6 Å². The Bertz CT molecular complexity index is 1460. The molecule has 0 radical (unpaired) electrons. The summed E-state index contributed by atoms with van der Waals surface area (Å²) in [5.74, 6) is 1.36. The van der Waals surface area contributed by atoms with Crippen molar-refractivity contribution in [2.75, 3.05) is 0 Å². The number of halogens is 3. The van der Waals surface area contributed by atoms with E-state index in [1.807, 2.05) is 35.9 Å². The number of aromatic nitrogens is 6. The standard InChI is InChI=1S/C27H30F3N7O/c1-14(32-19-9-10-20(19)38)23-25-18(12-21(33-23)27(28,29)30)24(34-35-25)17-8-4-7-16(11-17)22(15-5-3-6-15)26-36-31-13-37(26)2/h4,7-8,11-15,19-20,22,32,38H,3,5-6,9-10H2,1-2H3,(H,34,35)/t14-,19-,20+,22-/m1/s1. The number of hydrogen-bond donors (Lipinski definition) is 3. The molecule has 0 unspecified atom stereocenters. The van der Waals surface area contributed by atoms with Crippen molar-refractivity contribution in [3.63, 3.8) is 0 Å². The van der Waals surface area contributed by atoms with Gasteiger partial charge in [0.05, 0.1) is 17.3 Å². The second-order valence-electron chi connectivity index (χ2n) is 10.6. The Hall–Kier alpha value is -3.31. The lowest BCUT2D eigenvalue weighted by Gasteiger charge is -2.35. The first-order chi connectivity index (χ1) is 18.2. The normalized spacial score (nSPS) is 21.7. The maximum Gasteiger partial charge on any atom is 0.433 e. The van der Waals surface area contributed by atoms with Gasteiger partial charge in [0.15, 0.2) is 0 Å². The van der Waals surface area contributed by atoms with Crippen molar-refractivity contribution in [2.45, 2.75) is 69.3 Å². The average Bonchev–Trinajstić information content (AvgIpc) is 3.48. The minimum Gasteiger partial charge on any atom is -0.392 e. The summed E-state index contributed by atoms with van der Waals surface area (Å²) in [6.07, 6.45) is 1.38. The van der Waals surface area contributed by atoms with Gasteiger partial charge in [-0.25, -0.2) is 4.98 Å². The summed E-state index contributed by atoms with van der Waals surface area (Å²) in [7, 11) is 1.93. The highest BCUT2D eigenvalue weighted by Gasteiger charge is 2.37. The molecule has 0 amide bonds. The number of nitrogens with one attached hydrogen (secondary N) is 2. The maximum absolute atomic E-state index is 13.9. The largest absolute Gasteiger partial charge is 0.433 e. The summed E-state index contributed by atoms with van der Waals surface area (Å²) in [5, 5.41) is 29.5. The second kappa shape index (κ2) is 9.46. The molecule has 2 aliphatic rings. The number of H-pyrrole nitrogens is 1. The van der Waals surface area contributed by atoms with Gasteiger partial charge in [-0.15, -0.1) is 10.2 Å². The first-order valence-corrected chi connectivity index (χ1v) is 13.0. The zero-order valence-electron chi connectivity index (χ0n) is 21.2. The van der Waals surface area contributed by atoms with Crippen LogP contribution >= 0.6 is 0 Å². The lowest BCUT2D eigenvalue weighted by molar-refractivity contribution is -0.141. The Labute approximate surface area is 217 Å². The highest BCUT2D eigenvalue weighted by atomic mass is 19.4. The Kier molecular flexibility index (Phi) is 6.22. The number of pyridine rings is 1. The molecule has 200 valence electrons. The lowest BCUT2D eigenvalue weighted by atomic mass is 9.72. The number of aromatic amines is 1. The van der Waals surface area contributed by atoms with Crippen molar-refractivity contribution < 1.29 is 18.3 Å². The predicted octanol–water partition coefficient (Wildman–Crippen LogP) is 4.88. The molecule has 6 rings (SSSR count). The molecule has 3 heterocycles. The number of fused-ring (bicyclic) bond motifs is 1. The van der Waals surface area contributed by atoms with Gasteiger partial charge in [0.2, 0.25) is 0 Å². The molecule has 2 saturated carbocycles. The van der Waals surface area contributed by atoms with Crippen molar-refractivity contribution in [3.8, 4) is 11.3 Å². The molecule has 0 saturated heterocycles. The molecule has 0 spiro atoms. The van der Waals surface area contributed by atoms with E-state index in [0.29, 0.717) is 28.9 Å². The van der Waals surface area contributed by atoms with E-state index in [9.17, 15) is 18.3 Å². The molecule has 1 aromatic carbocycles. The Balaban J connectivity index is 1.43. The molecule has 0 bridgehead atoms. The molecule has 3 N–H and O–H groups in total. The zero-order chi connectivity index (χ0) is 26.6. The minimum atomic E-state index is -4.62. The van der Waals surface area contributed by atoms with Gasteiger partial charge in [-0.3, -0.25) is 5.10 Å². The number of benzene rings is 1. The average molecular weight is 526 g/mol. The molecular weight excluding hydrogens is 495 g/mol. The van der Waals surface area contributed by atoms with Crippen LogP contribution in [0.2, 0.25) is 0 Å². The third kappa shape index (κ3) is 4.37. The van der Waals surface area contributed by atoms with Crippen molar-refractivity contribution in [1.82, 2.24) is 35.3 Å². The van der Waals surface area contributed by atoms with Crippen LogP contribution in [-0.2, 0) is 13.2 Å². The van der Waals surface area contributed by atoms with E-state index in [0.717, 1.165) is 42.3 Å². The SMILES string of the molecule is C[C@@H](N[C@@H]1CC[C@@H]1O)c1nc(C(F)(F)F)cc2c(-c3cccc([C@H](c4nncn4C)C4CCC4)c3)n[nH]c12. The third-order valence-electron chi connectivity index (χ3n) is 8.15. The molecule has 0 aliphatic heterocycles. The van der Waals surface area contributed by atoms with E-state index >= 15 is 0 Å². The summed E-state index contributed by atoms with van der Waals surface area (Å²) >= 11 is 0. The Morgan fingerprint density at radius 3 is 2.58 bits per heavy atom. The summed E-state index contributed by atoms with van der Waals surface area (Å²) in [6.45, 7) is 1.76.